The number of nitrogen functional groups attached to an aromatic ring is 1. The van der Waals surface area contributed by atoms with Gasteiger partial charge in [0.25, 0.3) is 5.91 Å². The molecule has 0 radical (unpaired) electrons. The van der Waals surface area contributed by atoms with Crippen LogP contribution in [0.15, 0.2) is 40.9 Å². The van der Waals surface area contributed by atoms with Gasteiger partial charge in [-0.15, -0.1) is 0 Å². The second-order valence-corrected chi connectivity index (χ2v) is 5.11. The number of carbonyl (C=O) groups is 1. The van der Waals surface area contributed by atoms with Crippen LogP contribution in [-0.4, -0.2) is 20.1 Å². The van der Waals surface area contributed by atoms with E-state index in [1.54, 1.807) is 43.5 Å². The van der Waals surface area contributed by atoms with E-state index in [0.29, 0.717) is 32.9 Å². The summed E-state index contributed by atoms with van der Waals surface area (Å²) in [5, 5.41) is 2.79. The Bertz CT molecular complexity index is 674. The van der Waals surface area contributed by atoms with E-state index >= 15 is 0 Å². The van der Waals surface area contributed by atoms with Crippen molar-refractivity contribution < 1.29 is 14.3 Å². The number of nitrogens with two attached hydrogens (primary N) is 1. The highest BCUT2D eigenvalue weighted by Gasteiger charge is 2.12. The van der Waals surface area contributed by atoms with Crippen LogP contribution in [0.3, 0.4) is 0 Å². The molecule has 0 saturated carbocycles. The summed E-state index contributed by atoms with van der Waals surface area (Å²) in [6, 6.07) is 10.2. The summed E-state index contributed by atoms with van der Waals surface area (Å²) in [5.41, 5.74) is 7.33. The number of anilines is 2. The van der Waals surface area contributed by atoms with Gasteiger partial charge >= 0.3 is 0 Å². The molecule has 5 nitrogen and oxygen atoms in total. The van der Waals surface area contributed by atoms with Crippen molar-refractivity contribution in [2.45, 2.75) is 0 Å². The first kappa shape index (κ1) is 15.2. The van der Waals surface area contributed by atoms with Crippen LogP contribution in [0.4, 0.5) is 11.4 Å². The average molecular weight is 351 g/mol. The summed E-state index contributed by atoms with van der Waals surface area (Å²) in [6.45, 7) is 0. The van der Waals surface area contributed by atoms with E-state index in [2.05, 4.69) is 21.2 Å². The largest absolute Gasteiger partial charge is 0.497 e. The van der Waals surface area contributed by atoms with Crippen molar-refractivity contribution in [3.8, 4) is 11.5 Å². The third-order valence-electron chi connectivity index (χ3n) is 2.91. The van der Waals surface area contributed by atoms with Crippen LogP contribution in [-0.2, 0) is 0 Å². The van der Waals surface area contributed by atoms with Gasteiger partial charge in [-0.1, -0.05) is 0 Å². The third kappa shape index (κ3) is 3.46. The van der Waals surface area contributed by atoms with Crippen molar-refractivity contribution in [2.75, 3.05) is 25.3 Å². The molecule has 6 heteroatoms. The van der Waals surface area contributed by atoms with Crippen molar-refractivity contribution in [2.24, 2.45) is 0 Å². The average Bonchev–Trinajstić information content (AvgIpc) is 2.49. The molecule has 3 N–H and O–H groups in total. The molecule has 21 heavy (non-hydrogen) atoms. The number of hydrogen-bond donors (Lipinski definition) is 2. The zero-order valence-corrected chi connectivity index (χ0v) is 13.2. The van der Waals surface area contributed by atoms with Crippen molar-refractivity contribution in [1.82, 2.24) is 0 Å². The van der Waals surface area contributed by atoms with E-state index < -0.39 is 0 Å². The highest BCUT2D eigenvalue weighted by atomic mass is 79.9. The number of carbonyl (C=O) groups excluding carboxylic acids is 1. The molecule has 0 atom stereocenters. The maximum atomic E-state index is 12.3. The van der Waals surface area contributed by atoms with Crippen LogP contribution in [0.25, 0.3) is 0 Å². The number of ether oxygens (including phenoxy) is 2. The minimum absolute atomic E-state index is 0.257. The maximum absolute atomic E-state index is 12.3. The third-order valence-corrected chi connectivity index (χ3v) is 3.60. The second-order valence-electron chi connectivity index (χ2n) is 4.26. The lowest BCUT2D eigenvalue weighted by atomic mass is 10.2. The molecule has 0 aliphatic heterocycles. The van der Waals surface area contributed by atoms with E-state index in [4.69, 9.17) is 15.2 Å². The number of hydrogen-bond acceptors (Lipinski definition) is 4. The predicted octanol–water partition coefficient (Wildman–Crippen LogP) is 3.30. The Balaban J connectivity index is 2.25. The van der Waals surface area contributed by atoms with Gasteiger partial charge in [0.05, 0.1) is 25.5 Å². The molecule has 2 aromatic carbocycles. The molecular formula is C15H15BrN2O3. The number of methoxy groups -OCH3 is 2. The number of benzene rings is 2. The Kier molecular flexibility index (Phi) is 4.70. The van der Waals surface area contributed by atoms with Gasteiger partial charge in [-0.2, -0.15) is 0 Å². The first-order chi connectivity index (χ1) is 10.0. The van der Waals surface area contributed by atoms with Gasteiger partial charge in [0.2, 0.25) is 0 Å². The van der Waals surface area contributed by atoms with E-state index in [-0.39, 0.29) is 5.91 Å². The van der Waals surface area contributed by atoms with E-state index in [9.17, 15) is 4.79 Å². The molecule has 110 valence electrons. The normalized spacial score (nSPS) is 10.0. The number of rotatable bonds is 4. The van der Waals surface area contributed by atoms with E-state index in [1.807, 2.05) is 0 Å². The molecule has 0 unspecified atom stereocenters. The summed E-state index contributed by atoms with van der Waals surface area (Å²) >= 11 is 3.35. The second kappa shape index (κ2) is 6.49. The van der Waals surface area contributed by atoms with Crippen LogP contribution in [0.5, 0.6) is 11.5 Å². The first-order valence-electron chi connectivity index (χ1n) is 6.13. The van der Waals surface area contributed by atoms with E-state index in [0.717, 1.165) is 0 Å². The number of amides is 1. The molecule has 0 aliphatic carbocycles. The Morgan fingerprint density at radius 2 is 1.90 bits per heavy atom. The van der Waals surface area contributed by atoms with Crippen molar-refractivity contribution in [3.05, 3.63) is 46.4 Å². The summed E-state index contributed by atoms with van der Waals surface area (Å²) in [6.07, 6.45) is 0. The minimum Gasteiger partial charge on any atom is -0.497 e. The molecule has 0 saturated heterocycles. The first-order valence-corrected chi connectivity index (χ1v) is 6.93. The topological polar surface area (TPSA) is 73.6 Å². The minimum atomic E-state index is -0.257. The van der Waals surface area contributed by atoms with Gasteiger partial charge in [0, 0.05) is 16.2 Å². The van der Waals surface area contributed by atoms with Crippen LogP contribution in [0.1, 0.15) is 10.4 Å². The number of nitrogens with one attached hydrogen (secondary N) is 1. The van der Waals surface area contributed by atoms with Crippen molar-refractivity contribution in [3.63, 3.8) is 0 Å². The lowest BCUT2D eigenvalue weighted by Crippen LogP contribution is -2.13. The summed E-state index contributed by atoms with van der Waals surface area (Å²) in [5.74, 6) is 0.864. The maximum Gasteiger partial charge on any atom is 0.256 e. The van der Waals surface area contributed by atoms with Gasteiger partial charge in [0.1, 0.15) is 11.5 Å². The standard InChI is InChI=1S/C15H15BrN2O3/c1-20-10-4-5-12(16)11(8-10)15(19)18-9-3-6-13(17)14(7-9)21-2/h3-8H,17H2,1-2H3,(H,18,19). The van der Waals surface area contributed by atoms with Crippen molar-refractivity contribution in [1.29, 1.82) is 0 Å². The van der Waals surface area contributed by atoms with Crippen LogP contribution >= 0.6 is 15.9 Å². The molecule has 0 aromatic heterocycles. The molecule has 0 spiro atoms. The Hall–Kier alpha value is -2.21. The Labute approximate surface area is 131 Å². The number of halogens is 1. The summed E-state index contributed by atoms with van der Waals surface area (Å²) in [4.78, 5) is 12.3. The van der Waals surface area contributed by atoms with Crippen LogP contribution in [0.2, 0.25) is 0 Å². The van der Waals surface area contributed by atoms with E-state index in [1.165, 1.54) is 7.11 Å². The van der Waals surface area contributed by atoms with Gasteiger partial charge in [-0.25, -0.2) is 0 Å². The molecule has 0 fully saturated rings. The zero-order chi connectivity index (χ0) is 15.4. The molecule has 0 aliphatic rings. The Morgan fingerprint density at radius 1 is 1.14 bits per heavy atom. The molecule has 2 aromatic rings. The lowest BCUT2D eigenvalue weighted by molar-refractivity contribution is 0.102. The highest BCUT2D eigenvalue weighted by Crippen LogP contribution is 2.27. The lowest BCUT2D eigenvalue weighted by Gasteiger charge is -2.10. The molecule has 0 heterocycles. The smallest absolute Gasteiger partial charge is 0.256 e. The molecule has 2 rings (SSSR count). The summed E-state index contributed by atoms with van der Waals surface area (Å²) in [7, 11) is 3.08. The van der Waals surface area contributed by atoms with Gasteiger partial charge in [-0.05, 0) is 46.3 Å². The fourth-order valence-electron chi connectivity index (χ4n) is 1.79. The van der Waals surface area contributed by atoms with Crippen molar-refractivity contribution >= 4 is 33.2 Å². The van der Waals surface area contributed by atoms with Gasteiger partial charge in [0.15, 0.2) is 0 Å². The van der Waals surface area contributed by atoms with Crippen LogP contribution < -0.4 is 20.5 Å². The monoisotopic (exact) mass is 350 g/mol. The zero-order valence-electron chi connectivity index (χ0n) is 11.6. The Morgan fingerprint density at radius 3 is 2.57 bits per heavy atom. The molecular weight excluding hydrogens is 336 g/mol. The fraction of sp³-hybridized carbons (Fsp3) is 0.133. The summed E-state index contributed by atoms with van der Waals surface area (Å²) < 4.78 is 10.9. The van der Waals surface area contributed by atoms with Gasteiger partial charge < -0.3 is 20.5 Å². The quantitative estimate of drug-likeness (QED) is 0.829. The SMILES string of the molecule is COc1ccc(Br)c(C(=O)Nc2ccc(N)c(OC)c2)c1. The van der Waals surface area contributed by atoms with Crippen LogP contribution in [0, 0.1) is 0 Å². The molecule has 1 amide bonds. The molecule has 0 bridgehead atoms. The fourth-order valence-corrected chi connectivity index (χ4v) is 2.22. The highest BCUT2D eigenvalue weighted by molar-refractivity contribution is 9.10. The van der Waals surface area contributed by atoms with Gasteiger partial charge in [-0.3, -0.25) is 4.79 Å². The predicted molar refractivity (Wildman–Crippen MR) is 86.1 cm³/mol.